The number of carbonyl (C=O) groups is 3. The second kappa shape index (κ2) is 14.4. The van der Waals surface area contributed by atoms with Crippen LogP contribution >= 0.6 is 0 Å². The zero-order valence-electron chi connectivity index (χ0n) is 29.0. The molecule has 0 unspecified atom stereocenters. The fourth-order valence-corrected chi connectivity index (χ4v) is 7.80. The van der Waals surface area contributed by atoms with Crippen molar-refractivity contribution in [2.24, 2.45) is 0 Å². The van der Waals surface area contributed by atoms with E-state index < -0.39 is 95.7 Å². The lowest BCUT2D eigenvalue weighted by Crippen LogP contribution is -2.55. The van der Waals surface area contributed by atoms with Gasteiger partial charge < -0.3 is 39.7 Å². The Kier molecular flexibility index (Phi) is 9.84. The molecule has 3 aliphatic rings. The molecular weight excluding hydrogens is 686 g/mol. The molecule has 3 heterocycles. The largest absolute Gasteiger partial charge is 0.507 e. The first-order valence-corrected chi connectivity index (χ1v) is 17.2. The number of phenols is 2. The summed E-state index contributed by atoms with van der Waals surface area (Å²) in [4.78, 5) is 51.4. The summed E-state index contributed by atoms with van der Waals surface area (Å²) in [6.45, 7) is 1.42. The summed E-state index contributed by atoms with van der Waals surface area (Å²) in [6, 6.07) is 11.3. The van der Waals surface area contributed by atoms with Crippen LogP contribution in [0.4, 0.5) is 0 Å². The first kappa shape index (κ1) is 36.3. The van der Waals surface area contributed by atoms with E-state index in [1.54, 1.807) is 31.7 Å². The normalized spacial score (nSPS) is 25.1. The summed E-state index contributed by atoms with van der Waals surface area (Å²) >= 11 is 0. The van der Waals surface area contributed by atoms with Gasteiger partial charge in [0, 0.05) is 79.9 Å². The summed E-state index contributed by atoms with van der Waals surface area (Å²) in [7, 11) is 1.33. The smallest absolute Gasteiger partial charge is 0.202 e. The minimum Gasteiger partial charge on any atom is -0.507 e. The van der Waals surface area contributed by atoms with Crippen molar-refractivity contribution in [1.29, 1.82) is 0 Å². The lowest BCUT2D eigenvalue weighted by Gasteiger charge is -2.45. The minimum atomic E-state index is -2.29. The van der Waals surface area contributed by atoms with Crippen LogP contribution in [0.25, 0.3) is 0 Å². The predicted octanol–water partition coefficient (Wildman–Crippen LogP) is 2.54. The molecule has 0 amide bonds. The molecule has 0 bridgehead atoms. The molecule has 0 radical (unpaired) electrons. The van der Waals surface area contributed by atoms with Crippen LogP contribution in [-0.2, 0) is 33.8 Å². The molecule has 5 N–H and O–H groups in total. The van der Waals surface area contributed by atoms with Crippen LogP contribution < -0.4 is 4.74 Å². The van der Waals surface area contributed by atoms with Gasteiger partial charge in [-0.05, 0) is 36.2 Å². The average Bonchev–Trinajstić information content (AvgIpc) is 3.16. The molecule has 53 heavy (non-hydrogen) atoms. The Morgan fingerprint density at radius 1 is 0.962 bits per heavy atom. The Morgan fingerprint density at radius 3 is 2.23 bits per heavy atom. The standard InChI is InChI=1S/C39H39N3O11/c1-20-34(45)25(42(17-21-6-4-10-40-15-21)18-22-7-5-11-41-16-22)12-29(52-20)53-27-14-39(50,28(44)19-43)13-24-31(27)38(49)33-32(36(24)47)35(46)23-8-3-9-26(51-2)30(23)37(33)48/h3-11,15-16,20,25,27,29,34,43,45,47,49-50H,12-14,17-19H2,1-2H3/t20-,25-,27-,29-,34+,39-/m0/s1. The van der Waals surface area contributed by atoms with Gasteiger partial charge in [0.25, 0.3) is 0 Å². The highest BCUT2D eigenvalue weighted by atomic mass is 16.7. The molecule has 2 aromatic carbocycles. The number of phenolic OH excluding ortho intramolecular Hbond substituents is 2. The van der Waals surface area contributed by atoms with E-state index in [1.807, 2.05) is 29.2 Å². The lowest BCUT2D eigenvalue weighted by atomic mass is 9.72. The van der Waals surface area contributed by atoms with E-state index in [2.05, 4.69) is 9.97 Å². The first-order valence-electron chi connectivity index (χ1n) is 17.2. The Labute approximate surface area is 304 Å². The van der Waals surface area contributed by atoms with Crippen LogP contribution in [0.15, 0.2) is 67.3 Å². The van der Waals surface area contributed by atoms with E-state index in [1.165, 1.54) is 25.3 Å². The maximum atomic E-state index is 14.0. The summed E-state index contributed by atoms with van der Waals surface area (Å²) in [5.74, 6) is -3.80. The summed E-state index contributed by atoms with van der Waals surface area (Å²) in [6.07, 6.45) is 1.51. The molecule has 0 spiro atoms. The van der Waals surface area contributed by atoms with E-state index in [9.17, 15) is 39.9 Å². The fraction of sp³-hybridized carbons (Fsp3) is 0.359. The highest BCUT2D eigenvalue weighted by molar-refractivity contribution is 6.31. The van der Waals surface area contributed by atoms with Gasteiger partial charge in [-0.3, -0.25) is 29.3 Å². The second-order valence-electron chi connectivity index (χ2n) is 13.7. The van der Waals surface area contributed by atoms with Crippen molar-refractivity contribution in [3.63, 3.8) is 0 Å². The van der Waals surface area contributed by atoms with Gasteiger partial charge in [0.1, 0.15) is 29.5 Å². The van der Waals surface area contributed by atoms with Crippen molar-refractivity contribution in [1.82, 2.24) is 14.9 Å². The molecule has 1 saturated heterocycles. The van der Waals surface area contributed by atoms with Crippen molar-refractivity contribution in [2.45, 2.75) is 75.5 Å². The molecule has 276 valence electrons. The van der Waals surface area contributed by atoms with Gasteiger partial charge in [0.2, 0.25) is 5.78 Å². The van der Waals surface area contributed by atoms with Crippen LogP contribution in [0.2, 0.25) is 0 Å². The van der Waals surface area contributed by atoms with Gasteiger partial charge in [-0.1, -0.05) is 24.3 Å². The monoisotopic (exact) mass is 725 g/mol. The van der Waals surface area contributed by atoms with Crippen molar-refractivity contribution in [3.8, 4) is 17.2 Å². The Morgan fingerprint density at radius 2 is 1.62 bits per heavy atom. The maximum Gasteiger partial charge on any atom is 0.202 e. The number of aromatic hydroxyl groups is 2. The number of aliphatic hydroxyl groups excluding tert-OH is 2. The molecule has 6 atom stereocenters. The van der Waals surface area contributed by atoms with Gasteiger partial charge in [-0.25, -0.2) is 0 Å². The number of ketones is 3. The number of hydrogen-bond donors (Lipinski definition) is 5. The third-order valence-corrected chi connectivity index (χ3v) is 10.4. The molecule has 1 fully saturated rings. The number of benzene rings is 2. The van der Waals surface area contributed by atoms with Gasteiger partial charge in [-0.2, -0.15) is 0 Å². The van der Waals surface area contributed by atoms with Gasteiger partial charge in [-0.15, -0.1) is 0 Å². The maximum absolute atomic E-state index is 14.0. The highest BCUT2D eigenvalue weighted by Gasteiger charge is 2.50. The number of methoxy groups -OCH3 is 1. The molecule has 7 rings (SSSR count). The van der Waals surface area contributed by atoms with Crippen LogP contribution in [0.3, 0.4) is 0 Å². The zero-order chi connectivity index (χ0) is 37.6. The van der Waals surface area contributed by atoms with Crippen molar-refractivity contribution in [3.05, 3.63) is 112 Å². The van der Waals surface area contributed by atoms with Gasteiger partial charge in [0.15, 0.2) is 17.9 Å². The molecule has 1 aliphatic heterocycles. The lowest BCUT2D eigenvalue weighted by molar-refractivity contribution is -0.259. The molecule has 2 aliphatic carbocycles. The number of Topliss-reactive ketones (excluding diaryl/α,β-unsaturated/α-hetero) is 1. The number of hydrogen-bond acceptors (Lipinski definition) is 14. The number of aromatic nitrogens is 2. The highest BCUT2D eigenvalue weighted by Crippen LogP contribution is 2.52. The van der Waals surface area contributed by atoms with Crippen LogP contribution in [0.5, 0.6) is 17.2 Å². The fourth-order valence-electron chi connectivity index (χ4n) is 7.80. The predicted molar refractivity (Wildman–Crippen MR) is 185 cm³/mol. The summed E-state index contributed by atoms with van der Waals surface area (Å²) in [5.41, 5.74) is -1.93. The number of aliphatic hydroxyl groups is 3. The zero-order valence-corrected chi connectivity index (χ0v) is 29.0. The third kappa shape index (κ3) is 6.47. The van der Waals surface area contributed by atoms with Gasteiger partial charge >= 0.3 is 0 Å². The van der Waals surface area contributed by atoms with Crippen LogP contribution in [-0.4, -0.2) is 102 Å². The SMILES string of the molecule is COc1cccc2c1C(=O)c1c(O)c3c(c(O)c1C2=O)C[C@@](O)(C(=O)CO)C[C@@H]3O[C@H]1C[C@H](N(Cc2cccnc2)Cc2cccnc2)[C@H](O)[C@H](C)O1. The number of rotatable bonds is 10. The number of nitrogens with zero attached hydrogens (tertiary/aromatic N) is 3. The van der Waals surface area contributed by atoms with E-state index >= 15 is 0 Å². The number of fused-ring (bicyclic) bond motifs is 3. The molecule has 14 nitrogen and oxygen atoms in total. The number of pyridine rings is 2. The molecule has 4 aromatic rings. The number of carbonyl (C=O) groups excluding carboxylic acids is 3. The van der Waals surface area contributed by atoms with Crippen molar-refractivity contribution in [2.75, 3.05) is 13.7 Å². The quantitative estimate of drug-likeness (QED) is 0.131. The summed E-state index contributed by atoms with van der Waals surface area (Å²) < 4.78 is 18.0. The van der Waals surface area contributed by atoms with Crippen LogP contribution in [0.1, 0.15) is 80.0 Å². The number of ether oxygens (including phenoxy) is 3. The van der Waals surface area contributed by atoms with Crippen molar-refractivity contribution >= 4 is 17.3 Å². The minimum absolute atomic E-state index is 0.0573. The molecule has 0 saturated carbocycles. The second-order valence-corrected chi connectivity index (χ2v) is 13.7. The van der Waals surface area contributed by atoms with E-state index in [4.69, 9.17) is 14.2 Å². The Balaban J connectivity index is 1.29. The Bertz CT molecular complexity index is 2020. The van der Waals surface area contributed by atoms with Crippen LogP contribution in [0, 0.1) is 0 Å². The molecule has 2 aromatic heterocycles. The summed E-state index contributed by atoms with van der Waals surface area (Å²) in [5, 5.41) is 56.6. The first-order chi connectivity index (χ1) is 25.4. The van der Waals surface area contributed by atoms with E-state index in [0.717, 1.165) is 11.1 Å². The van der Waals surface area contributed by atoms with Crippen molar-refractivity contribution < 1.29 is 54.1 Å². The topological polar surface area (TPSA) is 209 Å². The molecular formula is C39H39N3O11. The van der Waals surface area contributed by atoms with Gasteiger partial charge in [0.05, 0.1) is 42.1 Å². The molecule has 14 heteroatoms. The van der Waals surface area contributed by atoms with E-state index in [0.29, 0.717) is 13.1 Å². The van der Waals surface area contributed by atoms with E-state index in [-0.39, 0.29) is 34.4 Å². The third-order valence-electron chi connectivity index (χ3n) is 10.4. The Hall–Kier alpha value is -5.09. The average molecular weight is 726 g/mol.